The van der Waals surface area contributed by atoms with Gasteiger partial charge in [0, 0.05) is 24.1 Å². The van der Waals surface area contributed by atoms with E-state index in [-0.39, 0.29) is 23.6 Å². The Labute approximate surface area is 106 Å². The summed E-state index contributed by atoms with van der Waals surface area (Å²) in [6.07, 6.45) is 0. The van der Waals surface area contributed by atoms with Crippen molar-refractivity contribution in [1.82, 2.24) is 5.32 Å². The quantitative estimate of drug-likeness (QED) is 0.789. The van der Waals surface area contributed by atoms with Crippen LogP contribution < -0.4 is 5.32 Å². The number of hydrogen-bond acceptors (Lipinski definition) is 3. The summed E-state index contributed by atoms with van der Waals surface area (Å²) >= 11 is 5.70. The number of halogens is 1. The summed E-state index contributed by atoms with van der Waals surface area (Å²) in [4.78, 5) is 11.9. The summed E-state index contributed by atoms with van der Waals surface area (Å²) in [5.74, 6) is 0.116. The molecule has 1 aromatic rings. The van der Waals surface area contributed by atoms with E-state index in [1.54, 1.807) is 32.2 Å². The molecule has 0 aliphatic rings. The summed E-state index contributed by atoms with van der Waals surface area (Å²) in [6.45, 7) is 2.05. The molecule has 0 bridgehead atoms. The first-order chi connectivity index (χ1) is 8.10. The molecule has 1 amide bonds. The summed E-state index contributed by atoms with van der Waals surface area (Å²) in [5, 5.41) is 12.3. The number of carbonyl (C=O) groups is 1. The van der Waals surface area contributed by atoms with Crippen molar-refractivity contribution >= 4 is 17.5 Å². The van der Waals surface area contributed by atoms with Crippen LogP contribution in [0.15, 0.2) is 18.2 Å². The lowest BCUT2D eigenvalue weighted by Crippen LogP contribution is -2.39. The molecule has 0 heterocycles. The van der Waals surface area contributed by atoms with Gasteiger partial charge in [-0.15, -0.1) is 11.6 Å². The topological polar surface area (TPSA) is 58.6 Å². The van der Waals surface area contributed by atoms with Gasteiger partial charge in [-0.1, -0.05) is 6.07 Å². The summed E-state index contributed by atoms with van der Waals surface area (Å²) in [7, 11) is 1.55. The van der Waals surface area contributed by atoms with Gasteiger partial charge in [-0.25, -0.2) is 0 Å². The maximum atomic E-state index is 11.9. The van der Waals surface area contributed by atoms with Gasteiger partial charge >= 0.3 is 0 Å². The molecule has 1 aromatic carbocycles. The number of methoxy groups -OCH3 is 1. The van der Waals surface area contributed by atoms with Crippen LogP contribution in [0.25, 0.3) is 0 Å². The van der Waals surface area contributed by atoms with Crippen molar-refractivity contribution in [2.24, 2.45) is 0 Å². The number of amides is 1. The molecular weight excluding hydrogens is 242 g/mol. The van der Waals surface area contributed by atoms with E-state index in [9.17, 15) is 9.90 Å². The van der Waals surface area contributed by atoms with Crippen LogP contribution in [-0.4, -0.2) is 36.7 Å². The van der Waals surface area contributed by atoms with Crippen molar-refractivity contribution in [3.63, 3.8) is 0 Å². The predicted molar refractivity (Wildman–Crippen MR) is 66.7 cm³/mol. The largest absolute Gasteiger partial charge is 0.508 e. The van der Waals surface area contributed by atoms with E-state index in [1.807, 2.05) is 0 Å². The lowest BCUT2D eigenvalue weighted by molar-refractivity contribution is 0.0906. The number of phenolic OH excluding ortho intramolecular Hbond substituents is 1. The Morgan fingerprint density at radius 2 is 2.29 bits per heavy atom. The first-order valence-corrected chi connectivity index (χ1v) is 5.78. The van der Waals surface area contributed by atoms with Crippen LogP contribution in [0, 0.1) is 6.92 Å². The Balaban J connectivity index is 2.79. The van der Waals surface area contributed by atoms with Gasteiger partial charge in [0.15, 0.2) is 0 Å². The molecule has 0 radical (unpaired) electrons. The van der Waals surface area contributed by atoms with Crippen LogP contribution in [0.2, 0.25) is 0 Å². The van der Waals surface area contributed by atoms with Crippen LogP contribution in [0.5, 0.6) is 5.75 Å². The fourth-order valence-corrected chi connectivity index (χ4v) is 1.62. The zero-order valence-electron chi connectivity index (χ0n) is 9.87. The highest BCUT2D eigenvalue weighted by Gasteiger charge is 2.15. The molecule has 1 unspecified atom stereocenters. The third kappa shape index (κ3) is 3.61. The number of phenols is 1. The Bertz CT molecular complexity index is 395. The van der Waals surface area contributed by atoms with Gasteiger partial charge in [0.1, 0.15) is 5.75 Å². The van der Waals surface area contributed by atoms with E-state index in [4.69, 9.17) is 16.3 Å². The molecule has 0 aliphatic carbocycles. The molecule has 0 spiro atoms. The maximum Gasteiger partial charge on any atom is 0.252 e. The normalized spacial score (nSPS) is 12.2. The van der Waals surface area contributed by atoms with Gasteiger partial charge in [0.05, 0.1) is 12.6 Å². The average molecular weight is 258 g/mol. The van der Waals surface area contributed by atoms with E-state index in [2.05, 4.69) is 5.32 Å². The number of rotatable bonds is 5. The van der Waals surface area contributed by atoms with Gasteiger partial charge in [0.25, 0.3) is 5.91 Å². The number of nitrogens with one attached hydrogen (secondary N) is 1. The van der Waals surface area contributed by atoms with Crippen molar-refractivity contribution in [3.05, 3.63) is 29.3 Å². The Kier molecular flexibility index (Phi) is 5.25. The van der Waals surface area contributed by atoms with Crippen molar-refractivity contribution in [2.75, 3.05) is 19.6 Å². The zero-order valence-corrected chi connectivity index (χ0v) is 10.6. The standard InChI is InChI=1S/C12H16ClNO3/c1-8-10(4-3-5-11(8)15)12(16)14-9(6-13)7-17-2/h3-5,9,15H,6-7H2,1-2H3,(H,14,16). The van der Waals surface area contributed by atoms with E-state index >= 15 is 0 Å². The molecule has 1 rings (SSSR count). The number of aromatic hydroxyl groups is 1. The Morgan fingerprint density at radius 1 is 1.59 bits per heavy atom. The van der Waals surface area contributed by atoms with Crippen molar-refractivity contribution < 1.29 is 14.6 Å². The SMILES string of the molecule is COCC(CCl)NC(=O)c1cccc(O)c1C. The van der Waals surface area contributed by atoms with Gasteiger partial charge in [-0.3, -0.25) is 4.79 Å². The van der Waals surface area contributed by atoms with Gasteiger partial charge < -0.3 is 15.2 Å². The van der Waals surface area contributed by atoms with Crippen molar-refractivity contribution in [2.45, 2.75) is 13.0 Å². The number of alkyl halides is 1. The third-order valence-corrected chi connectivity index (χ3v) is 2.81. The molecule has 94 valence electrons. The van der Waals surface area contributed by atoms with Crippen LogP contribution in [-0.2, 0) is 4.74 Å². The summed E-state index contributed by atoms with van der Waals surface area (Å²) in [5.41, 5.74) is 0.993. The van der Waals surface area contributed by atoms with E-state index in [0.29, 0.717) is 17.7 Å². The molecule has 1 atom stereocenters. The fraction of sp³-hybridized carbons (Fsp3) is 0.417. The average Bonchev–Trinajstić information content (AvgIpc) is 2.31. The second-order valence-corrected chi connectivity index (χ2v) is 4.04. The highest BCUT2D eigenvalue weighted by atomic mass is 35.5. The number of benzene rings is 1. The smallest absolute Gasteiger partial charge is 0.252 e. The molecule has 0 aromatic heterocycles. The maximum absolute atomic E-state index is 11.9. The molecular formula is C12H16ClNO3. The van der Waals surface area contributed by atoms with E-state index in [0.717, 1.165) is 0 Å². The zero-order chi connectivity index (χ0) is 12.8. The van der Waals surface area contributed by atoms with Crippen molar-refractivity contribution in [3.8, 4) is 5.75 Å². The minimum atomic E-state index is -0.263. The number of hydrogen-bond donors (Lipinski definition) is 2. The highest BCUT2D eigenvalue weighted by Crippen LogP contribution is 2.19. The summed E-state index contributed by atoms with van der Waals surface area (Å²) in [6, 6.07) is 4.59. The van der Waals surface area contributed by atoms with Crippen LogP contribution in [0.3, 0.4) is 0 Å². The van der Waals surface area contributed by atoms with Crippen LogP contribution in [0.1, 0.15) is 15.9 Å². The fourth-order valence-electron chi connectivity index (χ4n) is 1.46. The predicted octanol–water partition coefficient (Wildman–Crippen LogP) is 1.68. The molecule has 0 aliphatic heterocycles. The lowest BCUT2D eigenvalue weighted by atomic mass is 10.1. The minimum Gasteiger partial charge on any atom is -0.508 e. The molecule has 0 fully saturated rings. The second-order valence-electron chi connectivity index (χ2n) is 3.73. The lowest BCUT2D eigenvalue weighted by Gasteiger charge is -2.16. The van der Waals surface area contributed by atoms with E-state index < -0.39 is 0 Å². The highest BCUT2D eigenvalue weighted by molar-refractivity contribution is 6.18. The number of carbonyl (C=O) groups excluding carboxylic acids is 1. The minimum absolute atomic E-state index is 0.104. The molecule has 4 nitrogen and oxygen atoms in total. The molecule has 2 N–H and O–H groups in total. The first-order valence-electron chi connectivity index (χ1n) is 5.24. The Hall–Kier alpha value is -1.26. The molecule has 5 heteroatoms. The van der Waals surface area contributed by atoms with E-state index in [1.165, 1.54) is 0 Å². The van der Waals surface area contributed by atoms with Gasteiger partial charge in [-0.05, 0) is 19.1 Å². The Morgan fingerprint density at radius 3 is 2.88 bits per heavy atom. The molecule has 17 heavy (non-hydrogen) atoms. The monoisotopic (exact) mass is 257 g/mol. The third-order valence-electron chi connectivity index (χ3n) is 2.44. The van der Waals surface area contributed by atoms with Crippen LogP contribution in [0.4, 0.5) is 0 Å². The summed E-state index contributed by atoms with van der Waals surface area (Å²) < 4.78 is 4.94. The second kappa shape index (κ2) is 6.47. The molecule has 0 saturated carbocycles. The van der Waals surface area contributed by atoms with Crippen LogP contribution >= 0.6 is 11.6 Å². The van der Waals surface area contributed by atoms with Gasteiger partial charge in [-0.2, -0.15) is 0 Å². The number of ether oxygens (including phenoxy) is 1. The molecule has 0 saturated heterocycles. The van der Waals surface area contributed by atoms with Gasteiger partial charge in [0.2, 0.25) is 0 Å². The first kappa shape index (κ1) is 13.8. The van der Waals surface area contributed by atoms with Crippen molar-refractivity contribution in [1.29, 1.82) is 0 Å².